The predicted molar refractivity (Wildman–Crippen MR) is 173 cm³/mol. The number of aliphatic hydroxyl groups is 1. The second kappa shape index (κ2) is 13.7. The van der Waals surface area contributed by atoms with Crippen molar-refractivity contribution in [1.82, 2.24) is 19.9 Å². The van der Waals surface area contributed by atoms with Crippen molar-refractivity contribution < 1.29 is 9.84 Å². The first-order valence-corrected chi connectivity index (χ1v) is 14.6. The van der Waals surface area contributed by atoms with Crippen LogP contribution in [-0.2, 0) is 0 Å². The third kappa shape index (κ3) is 7.48. The molecule has 4 N–H and O–H groups in total. The minimum Gasteiger partial charge on any atom is -0.497 e. The number of hydrogen-bond donors (Lipinski definition) is 4. The molecular formula is C35H33N7O2. The van der Waals surface area contributed by atoms with E-state index in [4.69, 9.17) is 9.72 Å². The molecule has 1 fully saturated rings. The molecule has 0 unspecified atom stereocenters. The van der Waals surface area contributed by atoms with Crippen LogP contribution in [0.15, 0.2) is 97.5 Å². The molecule has 3 heterocycles. The summed E-state index contributed by atoms with van der Waals surface area (Å²) in [5.41, 5.74) is 5.81. The zero-order valence-electron chi connectivity index (χ0n) is 24.4. The fourth-order valence-electron chi connectivity index (χ4n) is 5.02. The van der Waals surface area contributed by atoms with Crippen LogP contribution in [-0.4, -0.2) is 44.3 Å². The summed E-state index contributed by atoms with van der Waals surface area (Å²) >= 11 is 0. The highest BCUT2D eigenvalue weighted by Gasteiger charge is 2.21. The van der Waals surface area contributed by atoms with E-state index in [1.807, 2.05) is 78.9 Å². The number of ether oxygens (including phenoxy) is 1. The Hall–Kier alpha value is -5.46. The Bertz CT molecular complexity index is 1760. The maximum Gasteiger partial charge on any atom is 0.229 e. The Morgan fingerprint density at radius 2 is 1.61 bits per heavy atom. The molecule has 9 nitrogen and oxygen atoms in total. The van der Waals surface area contributed by atoms with E-state index in [1.54, 1.807) is 25.7 Å². The topological polar surface area (TPSA) is 117 Å². The van der Waals surface area contributed by atoms with Gasteiger partial charge in [-0.05, 0) is 92.3 Å². The Labute approximate surface area is 256 Å². The quantitative estimate of drug-likeness (QED) is 0.151. The van der Waals surface area contributed by atoms with Crippen molar-refractivity contribution in [3.05, 3.63) is 109 Å². The molecule has 0 bridgehead atoms. The van der Waals surface area contributed by atoms with E-state index in [1.165, 1.54) is 0 Å². The van der Waals surface area contributed by atoms with Crippen LogP contribution >= 0.6 is 0 Å². The third-order valence-corrected chi connectivity index (χ3v) is 7.36. The lowest BCUT2D eigenvalue weighted by molar-refractivity contribution is 0.126. The summed E-state index contributed by atoms with van der Waals surface area (Å²) in [4.78, 5) is 18.3. The molecule has 5 aromatic rings. The van der Waals surface area contributed by atoms with Gasteiger partial charge in [-0.3, -0.25) is 4.98 Å². The first-order valence-electron chi connectivity index (χ1n) is 14.6. The molecule has 3 aromatic heterocycles. The maximum atomic E-state index is 9.93. The summed E-state index contributed by atoms with van der Waals surface area (Å²) in [5, 5.41) is 20.2. The highest BCUT2D eigenvalue weighted by atomic mass is 16.5. The van der Waals surface area contributed by atoms with Crippen LogP contribution < -0.4 is 20.7 Å². The van der Waals surface area contributed by atoms with E-state index in [2.05, 4.69) is 42.7 Å². The number of anilines is 5. The Morgan fingerprint density at radius 1 is 0.773 bits per heavy atom. The molecule has 0 saturated heterocycles. The molecule has 1 aliphatic rings. The molecule has 0 aliphatic heterocycles. The van der Waals surface area contributed by atoms with Crippen LogP contribution in [0.25, 0.3) is 11.3 Å². The molecule has 0 spiro atoms. The van der Waals surface area contributed by atoms with Crippen LogP contribution in [0.4, 0.5) is 28.8 Å². The van der Waals surface area contributed by atoms with Gasteiger partial charge in [0.05, 0.1) is 24.5 Å². The minimum atomic E-state index is -0.221. The number of benzene rings is 2. The van der Waals surface area contributed by atoms with Gasteiger partial charge >= 0.3 is 0 Å². The van der Waals surface area contributed by atoms with Gasteiger partial charge < -0.3 is 25.8 Å². The Kier molecular flexibility index (Phi) is 8.90. The van der Waals surface area contributed by atoms with E-state index in [0.717, 1.165) is 71.1 Å². The lowest BCUT2D eigenvalue weighted by Crippen LogP contribution is -2.29. The van der Waals surface area contributed by atoms with Gasteiger partial charge in [0.1, 0.15) is 17.3 Å². The highest BCUT2D eigenvalue weighted by molar-refractivity contribution is 5.73. The molecule has 2 aromatic carbocycles. The number of aliphatic hydroxyl groups excluding tert-OH is 1. The molecule has 0 radical (unpaired) electrons. The second-order valence-corrected chi connectivity index (χ2v) is 10.6. The smallest absolute Gasteiger partial charge is 0.229 e. The lowest BCUT2D eigenvalue weighted by atomic mass is 9.93. The van der Waals surface area contributed by atoms with E-state index < -0.39 is 0 Å². The van der Waals surface area contributed by atoms with E-state index in [9.17, 15) is 5.11 Å². The number of pyridine rings is 2. The molecular weight excluding hydrogens is 550 g/mol. The van der Waals surface area contributed by atoms with Crippen LogP contribution in [0.5, 0.6) is 5.75 Å². The molecule has 6 rings (SSSR count). The first-order chi connectivity index (χ1) is 21.6. The standard InChI is InChI=1S/C35H33N7O2/c1-44-31-6-4-5-28(22-31)39-29-18-20-36-27(21-29)13-10-24-8-11-26(12-9-24)41-35-38-23-32(33-7-2-3-19-37-33)34(42-35)40-25-14-16-30(43)17-15-25/h2-9,11-12,18-23,25,30,43H,14-17H2,1H3,(H,36,39)(H2,38,40,41,42)/t25-,30-. The van der Waals surface area contributed by atoms with Gasteiger partial charge in [0.15, 0.2) is 0 Å². The number of nitrogens with one attached hydrogen (secondary N) is 3. The van der Waals surface area contributed by atoms with Crippen molar-refractivity contribution in [2.45, 2.75) is 37.8 Å². The van der Waals surface area contributed by atoms with Gasteiger partial charge in [0, 0.05) is 53.3 Å². The van der Waals surface area contributed by atoms with Crippen molar-refractivity contribution in [2.75, 3.05) is 23.1 Å². The second-order valence-electron chi connectivity index (χ2n) is 10.6. The Morgan fingerprint density at radius 3 is 2.41 bits per heavy atom. The van der Waals surface area contributed by atoms with Crippen molar-refractivity contribution in [2.24, 2.45) is 0 Å². The van der Waals surface area contributed by atoms with Crippen LogP contribution in [0.3, 0.4) is 0 Å². The first kappa shape index (κ1) is 28.6. The van der Waals surface area contributed by atoms with Crippen LogP contribution in [0.1, 0.15) is 36.9 Å². The van der Waals surface area contributed by atoms with Gasteiger partial charge in [-0.1, -0.05) is 18.1 Å². The summed E-state index contributed by atoms with van der Waals surface area (Å²) < 4.78 is 5.30. The summed E-state index contributed by atoms with van der Waals surface area (Å²) in [6.45, 7) is 0. The Balaban J connectivity index is 1.14. The minimum absolute atomic E-state index is 0.221. The summed E-state index contributed by atoms with van der Waals surface area (Å²) in [6, 6.07) is 25.4. The van der Waals surface area contributed by atoms with Crippen LogP contribution in [0, 0.1) is 11.8 Å². The summed E-state index contributed by atoms with van der Waals surface area (Å²) in [5.74, 6) is 8.33. The normalized spacial score (nSPS) is 15.9. The average molecular weight is 584 g/mol. The predicted octanol–water partition coefficient (Wildman–Crippen LogP) is 6.54. The number of methoxy groups -OCH3 is 1. The van der Waals surface area contributed by atoms with Crippen molar-refractivity contribution in [1.29, 1.82) is 0 Å². The van der Waals surface area contributed by atoms with Crippen molar-refractivity contribution in [3.63, 3.8) is 0 Å². The largest absolute Gasteiger partial charge is 0.497 e. The van der Waals surface area contributed by atoms with Gasteiger partial charge in [-0.25, -0.2) is 9.97 Å². The SMILES string of the molecule is COc1cccc(Nc2ccnc(C#Cc3ccc(Nc4ncc(-c5ccccn5)c(N[C@H]5CC[C@H](O)CC5)n4)cc3)c2)c1. The molecule has 220 valence electrons. The van der Waals surface area contributed by atoms with Gasteiger partial charge in [0.25, 0.3) is 0 Å². The van der Waals surface area contributed by atoms with Crippen molar-refractivity contribution >= 4 is 28.8 Å². The lowest BCUT2D eigenvalue weighted by Gasteiger charge is -2.27. The van der Waals surface area contributed by atoms with E-state index >= 15 is 0 Å². The number of aromatic nitrogens is 4. The highest BCUT2D eigenvalue weighted by Crippen LogP contribution is 2.29. The number of hydrogen-bond acceptors (Lipinski definition) is 9. The molecule has 0 amide bonds. The molecule has 1 saturated carbocycles. The molecule has 44 heavy (non-hydrogen) atoms. The zero-order chi connectivity index (χ0) is 30.1. The zero-order valence-corrected chi connectivity index (χ0v) is 24.4. The molecule has 9 heteroatoms. The fourth-order valence-corrected chi connectivity index (χ4v) is 5.02. The van der Waals surface area contributed by atoms with Gasteiger partial charge in [-0.15, -0.1) is 0 Å². The monoisotopic (exact) mass is 583 g/mol. The molecule has 0 atom stereocenters. The van der Waals surface area contributed by atoms with E-state index in [0.29, 0.717) is 11.6 Å². The number of rotatable bonds is 8. The van der Waals surface area contributed by atoms with E-state index in [-0.39, 0.29) is 12.1 Å². The van der Waals surface area contributed by atoms with Crippen molar-refractivity contribution in [3.8, 4) is 28.8 Å². The van der Waals surface area contributed by atoms with Crippen LogP contribution in [0.2, 0.25) is 0 Å². The summed E-state index contributed by atoms with van der Waals surface area (Å²) in [7, 11) is 1.65. The third-order valence-electron chi connectivity index (χ3n) is 7.36. The average Bonchev–Trinajstić information content (AvgIpc) is 3.06. The van der Waals surface area contributed by atoms with Gasteiger partial charge in [-0.2, -0.15) is 4.98 Å². The van der Waals surface area contributed by atoms with Gasteiger partial charge in [0.2, 0.25) is 5.95 Å². The fraction of sp³-hybridized carbons (Fsp3) is 0.200. The summed E-state index contributed by atoms with van der Waals surface area (Å²) in [6.07, 6.45) is 8.41. The molecule has 1 aliphatic carbocycles. The number of nitrogens with zero attached hydrogens (tertiary/aromatic N) is 4. The maximum absolute atomic E-state index is 9.93.